The number of nitrogens with zero attached hydrogens (tertiary/aromatic N) is 1. The number of pyridine rings is 1. The van der Waals surface area contributed by atoms with Gasteiger partial charge in [-0.25, -0.2) is 9.59 Å². The Kier molecular flexibility index (Phi) is 4.39. The second-order valence-electron chi connectivity index (χ2n) is 8.01. The fourth-order valence-electron chi connectivity index (χ4n) is 4.15. The quantitative estimate of drug-likeness (QED) is 0.270. The van der Waals surface area contributed by atoms with Gasteiger partial charge in [0.1, 0.15) is 11.3 Å². The summed E-state index contributed by atoms with van der Waals surface area (Å²) in [5, 5.41) is 1.66. The van der Waals surface area contributed by atoms with E-state index < -0.39 is 5.97 Å². The van der Waals surface area contributed by atoms with Crippen LogP contribution in [0.15, 0.2) is 57.7 Å². The summed E-state index contributed by atoms with van der Waals surface area (Å²) in [6.07, 6.45) is 2.60. The molecule has 1 aliphatic carbocycles. The zero-order valence-corrected chi connectivity index (χ0v) is 16.9. The molecule has 5 heteroatoms. The highest BCUT2D eigenvalue weighted by molar-refractivity contribution is 6.04. The van der Waals surface area contributed by atoms with Gasteiger partial charge in [0.05, 0.1) is 11.1 Å². The van der Waals surface area contributed by atoms with Gasteiger partial charge in [0.2, 0.25) is 0 Å². The number of hydrogen-bond donors (Lipinski definition) is 0. The third-order valence-corrected chi connectivity index (χ3v) is 5.70. The lowest BCUT2D eigenvalue weighted by molar-refractivity contribution is 0.0737. The normalized spacial score (nSPS) is 13.2. The number of esters is 1. The summed E-state index contributed by atoms with van der Waals surface area (Å²) in [7, 11) is 0. The maximum Gasteiger partial charge on any atom is 0.344 e. The Bertz CT molecular complexity index is 1370. The van der Waals surface area contributed by atoms with Gasteiger partial charge in [-0.15, -0.1) is 0 Å². The molecule has 30 heavy (non-hydrogen) atoms. The molecular formula is C25H21NO4. The average molecular weight is 399 g/mol. The van der Waals surface area contributed by atoms with E-state index in [2.05, 4.69) is 4.98 Å². The number of aromatic nitrogens is 1. The maximum absolute atomic E-state index is 13.1. The predicted octanol–water partition coefficient (Wildman–Crippen LogP) is 5.17. The van der Waals surface area contributed by atoms with Crippen molar-refractivity contribution in [3.8, 4) is 5.75 Å². The highest BCUT2D eigenvalue weighted by Gasteiger charge is 2.21. The molecule has 0 atom stereocenters. The smallest absolute Gasteiger partial charge is 0.344 e. The molecule has 0 N–H and O–H groups in total. The molecule has 0 saturated heterocycles. The second kappa shape index (κ2) is 7.10. The van der Waals surface area contributed by atoms with Crippen LogP contribution in [-0.4, -0.2) is 11.0 Å². The molecule has 0 aliphatic heterocycles. The van der Waals surface area contributed by atoms with E-state index in [4.69, 9.17) is 9.15 Å². The molecule has 5 rings (SSSR count). The van der Waals surface area contributed by atoms with Crippen molar-refractivity contribution in [2.45, 2.75) is 39.0 Å². The summed E-state index contributed by atoms with van der Waals surface area (Å²) in [5.74, 6) is 0.0668. The van der Waals surface area contributed by atoms with Crippen LogP contribution >= 0.6 is 0 Å². The van der Waals surface area contributed by atoms with Crippen molar-refractivity contribution in [1.29, 1.82) is 0 Å². The Hall–Kier alpha value is -3.47. The number of para-hydroxylation sites is 1. The summed E-state index contributed by atoms with van der Waals surface area (Å²) in [5.41, 5.74) is 4.06. The zero-order valence-electron chi connectivity index (χ0n) is 16.9. The van der Waals surface area contributed by atoms with Crippen LogP contribution in [0.25, 0.3) is 21.9 Å². The number of carbonyl (C=O) groups is 1. The van der Waals surface area contributed by atoms with Crippen LogP contribution in [0.2, 0.25) is 0 Å². The molecule has 0 bridgehead atoms. The van der Waals surface area contributed by atoms with E-state index in [-0.39, 0.29) is 11.5 Å². The van der Waals surface area contributed by atoms with Gasteiger partial charge in [-0.3, -0.25) is 4.98 Å². The van der Waals surface area contributed by atoms with Gasteiger partial charge in [0.15, 0.2) is 0 Å². The first-order valence-corrected chi connectivity index (χ1v) is 10.2. The lowest BCUT2D eigenvalue weighted by Crippen LogP contribution is -2.11. The fourth-order valence-corrected chi connectivity index (χ4v) is 4.15. The largest absolute Gasteiger partial charge is 0.423 e. The molecule has 1 aliphatic rings. The molecular weight excluding hydrogens is 378 g/mol. The topological polar surface area (TPSA) is 69.4 Å². The summed E-state index contributed by atoms with van der Waals surface area (Å²) in [4.78, 5) is 29.9. The van der Waals surface area contributed by atoms with Crippen LogP contribution in [0.3, 0.4) is 0 Å². The molecule has 2 aromatic heterocycles. The molecule has 0 amide bonds. The van der Waals surface area contributed by atoms with Crippen LogP contribution < -0.4 is 10.4 Å². The molecule has 0 radical (unpaired) electrons. The van der Waals surface area contributed by atoms with E-state index in [1.807, 2.05) is 44.2 Å². The third-order valence-electron chi connectivity index (χ3n) is 5.70. The fraction of sp³-hybridized carbons (Fsp3) is 0.240. The van der Waals surface area contributed by atoms with Crippen LogP contribution in [0.4, 0.5) is 0 Å². The van der Waals surface area contributed by atoms with Crippen molar-refractivity contribution >= 4 is 27.8 Å². The summed E-state index contributed by atoms with van der Waals surface area (Å²) < 4.78 is 11.2. The highest BCUT2D eigenvalue weighted by atomic mass is 16.5. The summed E-state index contributed by atoms with van der Waals surface area (Å²) >= 11 is 0. The molecule has 2 heterocycles. The standard InChI is InChI=1S/C25H21NO4/c1-14(2)22-13-20(17-6-3-4-9-21(17)26-22)25(28)29-15-10-11-18-16-7-5-8-19(16)24(27)30-23(18)12-15/h3-4,6,9-14H,5,7-8H2,1-2H3. The van der Waals surface area contributed by atoms with Gasteiger partial charge in [-0.2, -0.15) is 0 Å². The van der Waals surface area contributed by atoms with E-state index in [0.29, 0.717) is 16.9 Å². The Morgan fingerprint density at radius 3 is 2.67 bits per heavy atom. The zero-order chi connectivity index (χ0) is 20.8. The number of aryl methyl sites for hydroxylation is 1. The van der Waals surface area contributed by atoms with E-state index in [1.54, 1.807) is 18.2 Å². The van der Waals surface area contributed by atoms with Crippen LogP contribution in [-0.2, 0) is 12.8 Å². The molecule has 0 unspecified atom stereocenters. The SMILES string of the molecule is CC(C)c1cc(C(=O)Oc2ccc3c4c(c(=O)oc3c2)CCC4)c2ccccc2n1. The monoisotopic (exact) mass is 399 g/mol. The lowest BCUT2D eigenvalue weighted by atomic mass is 10.0. The molecule has 4 aromatic rings. The molecule has 150 valence electrons. The van der Waals surface area contributed by atoms with Gasteiger partial charge < -0.3 is 9.15 Å². The number of fused-ring (bicyclic) bond motifs is 4. The summed E-state index contributed by atoms with van der Waals surface area (Å²) in [6.45, 7) is 4.08. The first-order chi connectivity index (χ1) is 14.5. The van der Waals surface area contributed by atoms with Crippen molar-refractivity contribution in [3.63, 3.8) is 0 Å². The first kappa shape index (κ1) is 18.6. The maximum atomic E-state index is 13.1. The van der Waals surface area contributed by atoms with E-state index in [1.165, 1.54) is 0 Å². The second-order valence-corrected chi connectivity index (χ2v) is 8.01. The minimum Gasteiger partial charge on any atom is -0.423 e. The van der Waals surface area contributed by atoms with Crippen molar-refractivity contribution < 1.29 is 13.9 Å². The van der Waals surface area contributed by atoms with Gasteiger partial charge in [0, 0.05) is 28.1 Å². The molecule has 5 nitrogen and oxygen atoms in total. The van der Waals surface area contributed by atoms with Crippen molar-refractivity contribution in [3.05, 3.63) is 81.3 Å². The van der Waals surface area contributed by atoms with Gasteiger partial charge >= 0.3 is 11.6 Å². The number of ether oxygens (including phenoxy) is 1. The minimum atomic E-state index is -0.460. The van der Waals surface area contributed by atoms with Crippen LogP contribution in [0.1, 0.15) is 53.4 Å². The van der Waals surface area contributed by atoms with Crippen LogP contribution in [0, 0.1) is 0 Å². The number of hydrogen-bond acceptors (Lipinski definition) is 5. The number of carbonyl (C=O) groups excluding carboxylic acids is 1. The van der Waals surface area contributed by atoms with Crippen molar-refractivity contribution in [1.82, 2.24) is 4.98 Å². The Morgan fingerprint density at radius 1 is 1.03 bits per heavy atom. The van der Waals surface area contributed by atoms with Gasteiger partial charge in [0.25, 0.3) is 0 Å². The molecule has 0 spiro atoms. The Labute approximate surface area is 173 Å². The van der Waals surface area contributed by atoms with Gasteiger partial charge in [-0.1, -0.05) is 32.0 Å². The molecule has 2 aromatic carbocycles. The lowest BCUT2D eigenvalue weighted by Gasteiger charge is -2.12. The third kappa shape index (κ3) is 3.07. The summed E-state index contributed by atoms with van der Waals surface area (Å²) in [6, 6.07) is 14.6. The van der Waals surface area contributed by atoms with Crippen molar-refractivity contribution in [2.24, 2.45) is 0 Å². The number of rotatable bonds is 3. The van der Waals surface area contributed by atoms with E-state index in [9.17, 15) is 9.59 Å². The first-order valence-electron chi connectivity index (χ1n) is 10.2. The average Bonchev–Trinajstić information content (AvgIpc) is 3.23. The Morgan fingerprint density at radius 2 is 1.83 bits per heavy atom. The predicted molar refractivity (Wildman–Crippen MR) is 115 cm³/mol. The van der Waals surface area contributed by atoms with Crippen LogP contribution in [0.5, 0.6) is 5.75 Å². The Balaban J connectivity index is 1.55. The highest BCUT2D eigenvalue weighted by Crippen LogP contribution is 2.30. The minimum absolute atomic E-state index is 0.179. The van der Waals surface area contributed by atoms with E-state index >= 15 is 0 Å². The number of benzene rings is 2. The molecule has 0 saturated carbocycles. The van der Waals surface area contributed by atoms with E-state index in [0.717, 1.165) is 52.4 Å². The molecule has 0 fully saturated rings. The van der Waals surface area contributed by atoms with Crippen molar-refractivity contribution in [2.75, 3.05) is 0 Å². The van der Waals surface area contributed by atoms with Gasteiger partial charge in [-0.05, 0) is 55.0 Å².